The van der Waals surface area contributed by atoms with Gasteiger partial charge in [0.1, 0.15) is 5.75 Å². The second-order valence-corrected chi connectivity index (χ2v) is 5.15. The molecule has 0 bridgehead atoms. The molecule has 5 heteroatoms. The molecule has 0 amide bonds. The standard InChI is InChI=1S/C12H17BrN2O2/c13-10-1-2-12(16)9(5-10)7-15-3-4-17-11(6-14)8-15/h1-2,5,11,16H,3-4,6-8,14H2. The summed E-state index contributed by atoms with van der Waals surface area (Å²) in [6.45, 7) is 3.67. The fourth-order valence-corrected chi connectivity index (χ4v) is 2.40. The Morgan fingerprint density at radius 1 is 1.53 bits per heavy atom. The van der Waals surface area contributed by atoms with E-state index in [4.69, 9.17) is 10.5 Å². The number of morpholine rings is 1. The van der Waals surface area contributed by atoms with Gasteiger partial charge in [-0.2, -0.15) is 0 Å². The van der Waals surface area contributed by atoms with Gasteiger partial charge in [-0.05, 0) is 18.2 Å². The Kier molecular flexibility index (Phi) is 4.39. The summed E-state index contributed by atoms with van der Waals surface area (Å²) in [6.07, 6.45) is 0.109. The fourth-order valence-electron chi connectivity index (χ4n) is 1.99. The lowest BCUT2D eigenvalue weighted by Gasteiger charge is -2.32. The van der Waals surface area contributed by atoms with Crippen LogP contribution in [0.2, 0.25) is 0 Å². The highest BCUT2D eigenvalue weighted by Gasteiger charge is 2.19. The first-order valence-corrected chi connectivity index (χ1v) is 6.49. The summed E-state index contributed by atoms with van der Waals surface area (Å²) < 4.78 is 6.49. The molecule has 4 nitrogen and oxygen atoms in total. The average molecular weight is 301 g/mol. The van der Waals surface area contributed by atoms with Crippen molar-refractivity contribution in [3.05, 3.63) is 28.2 Å². The SMILES string of the molecule is NCC1CN(Cc2cc(Br)ccc2O)CCO1. The van der Waals surface area contributed by atoms with Gasteiger partial charge in [0, 0.05) is 36.2 Å². The summed E-state index contributed by atoms with van der Waals surface area (Å²) in [4.78, 5) is 2.25. The molecular weight excluding hydrogens is 284 g/mol. The van der Waals surface area contributed by atoms with Crippen molar-refractivity contribution in [1.29, 1.82) is 0 Å². The molecule has 1 atom stereocenters. The van der Waals surface area contributed by atoms with Crippen LogP contribution in [0, 0.1) is 0 Å². The number of phenolic OH excluding ortho intramolecular Hbond substituents is 1. The van der Waals surface area contributed by atoms with E-state index in [1.807, 2.05) is 12.1 Å². The van der Waals surface area contributed by atoms with E-state index in [1.165, 1.54) is 0 Å². The van der Waals surface area contributed by atoms with Crippen LogP contribution in [-0.2, 0) is 11.3 Å². The molecule has 3 N–H and O–H groups in total. The van der Waals surface area contributed by atoms with Crippen LogP contribution in [0.5, 0.6) is 5.75 Å². The Bertz CT molecular complexity index is 387. The Morgan fingerprint density at radius 2 is 2.35 bits per heavy atom. The van der Waals surface area contributed by atoms with Gasteiger partial charge in [-0.25, -0.2) is 0 Å². The maximum Gasteiger partial charge on any atom is 0.120 e. The summed E-state index contributed by atoms with van der Waals surface area (Å²) in [6, 6.07) is 5.49. The van der Waals surface area contributed by atoms with Gasteiger partial charge in [-0.1, -0.05) is 15.9 Å². The normalized spacial score (nSPS) is 21.6. The number of nitrogens with zero attached hydrogens (tertiary/aromatic N) is 1. The molecule has 1 unspecified atom stereocenters. The Labute approximate surface area is 109 Å². The number of hydrogen-bond donors (Lipinski definition) is 2. The third-order valence-corrected chi connectivity index (χ3v) is 3.41. The molecule has 1 aliphatic rings. The third kappa shape index (κ3) is 3.42. The molecule has 0 radical (unpaired) electrons. The molecule has 1 fully saturated rings. The molecule has 1 aromatic carbocycles. The maximum absolute atomic E-state index is 9.79. The van der Waals surface area contributed by atoms with Crippen molar-refractivity contribution in [3.63, 3.8) is 0 Å². The first-order chi connectivity index (χ1) is 8.19. The summed E-state index contributed by atoms with van der Waals surface area (Å²) in [5, 5.41) is 9.79. The van der Waals surface area contributed by atoms with Gasteiger partial charge < -0.3 is 15.6 Å². The van der Waals surface area contributed by atoms with Crippen LogP contribution in [0.25, 0.3) is 0 Å². The van der Waals surface area contributed by atoms with E-state index in [9.17, 15) is 5.11 Å². The largest absolute Gasteiger partial charge is 0.508 e. The molecule has 0 saturated carbocycles. The highest BCUT2D eigenvalue weighted by molar-refractivity contribution is 9.10. The minimum absolute atomic E-state index is 0.109. The van der Waals surface area contributed by atoms with Gasteiger partial charge in [0.25, 0.3) is 0 Å². The lowest BCUT2D eigenvalue weighted by molar-refractivity contribution is -0.0262. The van der Waals surface area contributed by atoms with Crippen LogP contribution < -0.4 is 5.73 Å². The van der Waals surface area contributed by atoms with E-state index < -0.39 is 0 Å². The summed E-state index contributed by atoms with van der Waals surface area (Å²) in [5.41, 5.74) is 6.53. The van der Waals surface area contributed by atoms with Crippen molar-refractivity contribution < 1.29 is 9.84 Å². The summed E-state index contributed by atoms with van der Waals surface area (Å²) >= 11 is 3.41. The molecule has 94 valence electrons. The molecular formula is C12H17BrN2O2. The van der Waals surface area contributed by atoms with Crippen LogP contribution in [0.15, 0.2) is 22.7 Å². The van der Waals surface area contributed by atoms with Crippen molar-refractivity contribution in [1.82, 2.24) is 4.90 Å². The zero-order valence-corrected chi connectivity index (χ0v) is 11.2. The number of aromatic hydroxyl groups is 1. The van der Waals surface area contributed by atoms with E-state index in [2.05, 4.69) is 20.8 Å². The van der Waals surface area contributed by atoms with E-state index >= 15 is 0 Å². The molecule has 1 aromatic rings. The number of halogens is 1. The highest BCUT2D eigenvalue weighted by atomic mass is 79.9. The predicted octanol–water partition coefficient (Wildman–Crippen LogP) is 1.31. The quantitative estimate of drug-likeness (QED) is 0.884. The lowest BCUT2D eigenvalue weighted by atomic mass is 10.1. The number of benzene rings is 1. The van der Waals surface area contributed by atoms with Crippen LogP contribution in [0.1, 0.15) is 5.56 Å². The summed E-state index contributed by atoms with van der Waals surface area (Å²) in [7, 11) is 0. The maximum atomic E-state index is 9.79. The smallest absolute Gasteiger partial charge is 0.120 e. The van der Waals surface area contributed by atoms with Crippen LogP contribution in [-0.4, -0.2) is 42.4 Å². The minimum atomic E-state index is 0.109. The van der Waals surface area contributed by atoms with Crippen molar-refractivity contribution in [2.24, 2.45) is 5.73 Å². The lowest BCUT2D eigenvalue weighted by Crippen LogP contribution is -2.45. The van der Waals surface area contributed by atoms with Gasteiger partial charge in [-0.15, -0.1) is 0 Å². The van der Waals surface area contributed by atoms with Gasteiger partial charge in [0.15, 0.2) is 0 Å². The predicted molar refractivity (Wildman–Crippen MR) is 69.9 cm³/mol. The van der Waals surface area contributed by atoms with E-state index in [1.54, 1.807) is 6.07 Å². The monoisotopic (exact) mass is 300 g/mol. The average Bonchev–Trinajstić information content (AvgIpc) is 2.34. The Morgan fingerprint density at radius 3 is 3.12 bits per heavy atom. The van der Waals surface area contributed by atoms with Crippen LogP contribution >= 0.6 is 15.9 Å². The Hall–Kier alpha value is -0.620. The van der Waals surface area contributed by atoms with Gasteiger partial charge >= 0.3 is 0 Å². The van der Waals surface area contributed by atoms with Crippen molar-refractivity contribution in [2.75, 3.05) is 26.2 Å². The van der Waals surface area contributed by atoms with E-state index in [0.29, 0.717) is 18.9 Å². The van der Waals surface area contributed by atoms with E-state index in [-0.39, 0.29) is 6.10 Å². The molecule has 0 aliphatic carbocycles. The molecule has 2 rings (SSSR count). The molecule has 0 aromatic heterocycles. The number of ether oxygens (including phenoxy) is 1. The van der Waals surface area contributed by atoms with Crippen molar-refractivity contribution in [2.45, 2.75) is 12.6 Å². The van der Waals surface area contributed by atoms with Crippen LogP contribution in [0.3, 0.4) is 0 Å². The minimum Gasteiger partial charge on any atom is -0.508 e. The second-order valence-electron chi connectivity index (χ2n) is 4.24. The topological polar surface area (TPSA) is 58.7 Å². The number of phenols is 1. The number of hydrogen-bond acceptors (Lipinski definition) is 4. The highest BCUT2D eigenvalue weighted by Crippen LogP contribution is 2.23. The number of rotatable bonds is 3. The summed E-state index contributed by atoms with van der Waals surface area (Å²) in [5.74, 6) is 0.337. The Balaban J connectivity index is 2.02. The van der Waals surface area contributed by atoms with Gasteiger partial charge in [0.2, 0.25) is 0 Å². The fraction of sp³-hybridized carbons (Fsp3) is 0.500. The first-order valence-electron chi connectivity index (χ1n) is 5.70. The zero-order valence-electron chi connectivity index (χ0n) is 9.60. The first kappa shape index (κ1) is 12.8. The second kappa shape index (κ2) is 5.82. The molecule has 1 saturated heterocycles. The van der Waals surface area contributed by atoms with Crippen molar-refractivity contribution >= 4 is 15.9 Å². The van der Waals surface area contributed by atoms with Crippen molar-refractivity contribution in [3.8, 4) is 5.75 Å². The van der Waals surface area contributed by atoms with E-state index in [0.717, 1.165) is 29.7 Å². The van der Waals surface area contributed by atoms with Gasteiger partial charge in [0.05, 0.1) is 12.7 Å². The molecule has 17 heavy (non-hydrogen) atoms. The molecule has 0 spiro atoms. The molecule has 1 aliphatic heterocycles. The van der Waals surface area contributed by atoms with Crippen LogP contribution in [0.4, 0.5) is 0 Å². The number of nitrogens with two attached hydrogens (primary N) is 1. The zero-order chi connectivity index (χ0) is 12.3. The molecule has 1 heterocycles. The third-order valence-electron chi connectivity index (χ3n) is 2.92. The van der Waals surface area contributed by atoms with Gasteiger partial charge in [-0.3, -0.25) is 4.90 Å².